The molecular weight excluding hydrogens is 226 g/mol. The normalized spacial score (nSPS) is 10.3. The summed E-state index contributed by atoms with van der Waals surface area (Å²) in [4.78, 5) is 13.3. The minimum atomic E-state index is -0.475. The van der Waals surface area contributed by atoms with Crippen molar-refractivity contribution >= 4 is 34.5 Å². The molecule has 82 valence electrons. The van der Waals surface area contributed by atoms with Gasteiger partial charge in [0.25, 0.3) is 0 Å². The number of fused-ring (bicyclic) bond motifs is 1. The molecule has 0 aliphatic rings. The molecule has 16 heavy (non-hydrogen) atoms. The van der Waals surface area contributed by atoms with E-state index in [0.717, 1.165) is 10.9 Å². The standard InChI is InChI=1S/C10H9N3O2S/c1-11-8-6-4-2-3-5-7(6)12-10(16)9(8)13(14)15/h2-5H,1H3,(H2,11,12,16). The van der Waals surface area contributed by atoms with Gasteiger partial charge in [0.2, 0.25) is 0 Å². The number of aromatic nitrogens is 1. The molecule has 0 spiro atoms. The van der Waals surface area contributed by atoms with E-state index >= 15 is 0 Å². The summed E-state index contributed by atoms with van der Waals surface area (Å²) in [6, 6.07) is 7.30. The molecule has 1 aromatic carbocycles. The quantitative estimate of drug-likeness (QED) is 0.477. The highest BCUT2D eigenvalue weighted by Gasteiger charge is 2.18. The summed E-state index contributed by atoms with van der Waals surface area (Å²) in [7, 11) is 1.64. The minimum Gasteiger partial charge on any atom is -0.382 e. The molecule has 1 heterocycles. The molecule has 0 atom stereocenters. The lowest BCUT2D eigenvalue weighted by atomic mass is 10.1. The van der Waals surface area contributed by atoms with Crippen molar-refractivity contribution in [2.24, 2.45) is 0 Å². The van der Waals surface area contributed by atoms with Crippen molar-refractivity contribution in [1.82, 2.24) is 4.98 Å². The number of hydrogen-bond acceptors (Lipinski definition) is 4. The predicted molar refractivity (Wildman–Crippen MR) is 65.3 cm³/mol. The van der Waals surface area contributed by atoms with Gasteiger partial charge in [-0.3, -0.25) is 10.1 Å². The van der Waals surface area contributed by atoms with Crippen LogP contribution in [0.3, 0.4) is 0 Å². The average molecular weight is 235 g/mol. The number of rotatable bonds is 2. The van der Waals surface area contributed by atoms with E-state index in [4.69, 9.17) is 12.2 Å². The van der Waals surface area contributed by atoms with E-state index in [1.54, 1.807) is 13.1 Å². The molecule has 1 aromatic heterocycles. The van der Waals surface area contributed by atoms with Crippen LogP contribution in [0.25, 0.3) is 10.9 Å². The maximum absolute atomic E-state index is 10.9. The number of benzene rings is 1. The van der Waals surface area contributed by atoms with Crippen molar-refractivity contribution in [3.05, 3.63) is 39.0 Å². The molecule has 0 unspecified atom stereocenters. The van der Waals surface area contributed by atoms with Crippen LogP contribution in [-0.2, 0) is 0 Å². The number of nitro groups is 1. The molecular formula is C10H9N3O2S. The van der Waals surface area contributed by atoms with Crippen molar-refractivity contribution in [3.63, 3.8) is 0 Å². The highest BCUT2D eigenvalue weighted by Crippen LogP contribution is 2.31. The van der Waals surface area contributed by atoms with Crippen LogP contribution in [0.5, 0.6) is 0 Å². The van der Waals surface area contributed by atoms with Gasteiger partial charge in [-0.25, -0.2) is 0 Å². The third-order valence-corrected chi connectivity index (χ3v) is 2.62. The minimum absolute atomic E-state index is 0.0869. The SMILES string of the molecule is CNc1c([N+](=O)[O-])c(=S)[nH]c2ccccc12. The topological polar surface area (TPSA) is 71.0 Å². The monoisotopic (exact) mass is 235 g/mol. The number of hydrogen-bond donors (Lipinski definition) is 2. The van der Waals surface area contributed by atoms with Crippen molar-refractivity contribution < 1.29 is 4.92 Å². The van der Waals surface area contributed by atoms with E-state index in [9.17, 15) is 10.1 Å². The van der Waals surface area contributed by atoms with Gasteiger partial charge < -0.3 is 10.3 Å². The second-order valence-corrected chi connectivity index (χ2v) is 3.64. The zero-order valence-electron chi connectivity index (χ0n) is 8.48. The van der Waals surface area contributed by atoms with E-state index in [1.807, 2.05) is 18.2 Å². The Morgan fingerprint density at radius 3 is 2.75 bits per heavy atom. The van der Waals surface area contributed by atoms with E-state index in [1.165, 1.54) is 0 Å². The van der Waals surface area contributed by atoms with Crippen LogP contribution in [0.1, 0.15) is 0 Å². The Hall–Kier alpha value is -1.95. The summed E-state index contributed by atoms with van der Waals surface area (Å²) in [6.45, 7) is 0. The smallest absolute Gasteiger partial charge is 0.327 e. The summed E-state index contributed by atoms with van der Waals surface area (Å²) >= 11 is 4.97. The van der Waals surface area contributed by atoms with Crippen LogP contribution >= 0.6 is 12.2 Å². The molecule has 0 aliphatic heterocycles. The first-order valence-electron chi connectivity index (χ1n) is 4.62. The fourth-order valence-electron chi connectivity index (χ4n) is 1.66. The Morgan fingerprint density at radius 1 is 1.44 bits per heavy atom. The Morgan fingerprint density at radius 2 is 2.12 bits per heavy atom. The first kappa shape index (κ1) is 10.6. The molecule has 2 aromatic rings. The molecule has 0 amide bonds. The van der Waals surface area contributed by atoms with Crippen LogP contribution < -0.4 is 5.32 Å². The zero-order chi connectivity index (χ0) is 11.7. The Labute approximate surface area is 96.3 Å². The highest BCUT2D eigenvalue weighted by molar-refractivity contribution is 7.71. The van der Waals surface area contributed by atoms with Gasteiger partial charge in [0.1, 0.15) is 5.69 Å². The molecule has 0 saturated carbocycles. The Balaban J connectivity index is 2.96. The number of anilines is 1. The van der Waals surface area contributed by atoms with E-state index in [2.05, 4.69) is 10.3 Å². The van der Waals surface area contributed by atoms with Gasteiger partial charge in [-0.1, -0.05) is 30.4 Å². The van der Waals surface area contributed by atoms with Gasteiger partial charge in [0.05, 0.1) is 4.92 Å². The van der Waals surface area contributed by atoms with Gasteiger partial charge >= 0.3 is 5.69 Å². The molecule has 6 heteroatoms. The number of nitrogens with one attached hydrogen (secondary N) is 2. The molecule has 2 rings (SSSR count). The molecule has 0 bridgehead atoms. The number of nitrogens with zero attached hydrogens (tertiary/aromatic N) is 1. The lowest BCUT2D eigenvalue weighted by molar-refractivity contribution is -0.384. The van der Waals surface area contributed by atoms with Crippen LogP contribution in [0.4, 0.5) is 11.4 Å². The summed E-state index contributed by atoms with van der Waals surface area (Å²) < 4.78 is 0.132. The second-order valence-electron chi connectivity index (χ2n) is 3.23. The highest BCUT2D eigenvalue weighted by atomic mass is 32.1. The van der Waals surface area contributed by atoms with Crippen LogP contribution in [0, 0.1) is 14.8 Å². The molecule has 5 nitrogen and oxygen atoms in total. The summed E-state index contributed by atoms with van der Waals surface area (Å²) in [5, 5.41) is 14.5. The molecule has 0 fully saturated rings. The van der Waals surface area contributed by atoms with Gasteiger partial charge in [0.15, 0.2) is 4.64 Å². The largest absolute Gasteiger partial charge is 0.382 e. The lowest BCUT2D eigenvalue weighted by Crippen LogP contribution is -2.00. The summed E-state index contributed by atoms with van der Waals surface area (Å²) in [6.07, 6.45) is 0. The van der Waals surface area contributed by atoms with Crippen LogP contribution in [0.15, 0.2) is 24.3 Å². The maximum atomic E-state index is 10.9. The number of aromatic amines is 1. The lowest BCUT2D eigenvalue weighted by Gasteiger charge is -2.06. The number of para-hydroxylation sites is 1. The summed E-state index contributed by atoms with van der Waals surface area (Å²) in [5.74, 6) is 0. The fourth-order valence-corrected chi connectivity index (χ4v) is 1.95. The first-order chi connectivity index (χ1) is 7.65. The van der Waals surface area contributed by atoms with Crippen molar-refractivity contribution in [1.29, 1.82) is 0 Å². The van der Waals surface area contributed by atoms with Crippen molar-refractivity contribution in [3.8, 4) is 0 Å². The summed E-state index contributed by atoms with van der Waals surface area (Å²) in [5.41, 5.74) is 1.14. The van der Waals surface area contributed by atoms with Gasteiger partial charge in [-0.05, 0) is 6.07 Å². The van der Waals surface area contributed by atoms with Crippen molar-refractivity contribution in [2.45, 2.75) is 0 Å². The van der Waals surface area contributed by atoms with E-state index < -0.39 is 4.92 Å². The molecule has 0 radical (unpaired) electrons. The van der Waals surface area contributed by atoms with Crippen LogP contribution in [0.2, 0.25) is 0 Å². The molecule has 0 aliphatic carbocycles. The third-order valence-electron chi connectivity index (χ3n) is 2.33. The van der Waals surface area contributed by atoms with Crippen LogP contribution in [-0.4, -0.2) is 17.0 Å². The fraction of sp³-hybridized carbons (Fsp3) is 0.100. The maximum Gasteiger partial charge on any atom is 0.327 e. The van der Waals surface area contributed by atoms with Crippen molar-refractivity contribution in [2.75, 3.05) is 12.4 Å². The van der Waals surface area contributed by atoms with Gasteiger partial charge in [0, 0.05) is 18.0 Å². The number of H-pyrrole nitrogens is 1. The number of pyridine rings is 1. The Bertz CT molecular complexity index is 621. The predicted octanol–water partition coefficient (Wildman–Crippen LogP) is 2.85. The van der Waals surface area contributed by atoms with Gasteiger partial charge in [-0.15, -0.1) is 0 Å². The second kappa shape index (κ2) is 3.90. The third kappa shape index (κ3) is 1.53. The zero-order valence-corrected chi connectivity index (χ0v) is 9.30. The van der Waals surface area contributed by atoms with E-state index in [-0.39, 0.29) is 10.3 Å². The Kier molecular flexibility index (Phi) is 2.57. The van der Waals surface area contributed by atoms with E-state index in [0.29, 0.717) is 5.69 Å². The van der Waals surface area contributed by atoms with Gasteiger partial charge in [-0.2, -0.15) is 0 Å². The molecule has 2 N–H and O–H groups in total. The molecule has 0 saturated heterocycles. The average Bonchev–Trinajstić information content (AvgIpc) is 2.26. The first-order valence-corrected chi connectivity index (χ1v) is 5.03.